The van der Waals surface area contributed by atoms with Gasteiger partial charge in [-0.15, -0.1) is 11.3 Å². The average Bonchev–Trinajstić information content (AvgIpc) is 3.45. The van der Waals surface area contributed by atoms with Crippen LogP contribution < -0.4 is 10.6 Å². The molecule has 0 saturated carbocycles. The number of fused-ring (bicyclic) bond motifs is 1. The van der Waals surface area contributed by atoms with Gasteiger partial charge in [0.15, 0.2) is 5.69 Å². The van der Waals surface area contributed by atoms with Gasteiger partial charge >= 0.3 is 6.09 Å². The Morgan fingerprint density at radius 2 is 2.09 bits per heavy atom. The molecular weight excluding hydrogens is 452 g/mol. The van der Waals surface area contributed by atoms with Crippen LogP contribution in [0.4, 0.5) is 10.7 Å². The number of likely N-dealkylation sites (tertiary alicyclic amines) is 1. The highest BCUT2D eigenvalue weighted by Gasteiger charge is 2.32. The molecule has 1 fully saturated rings. The summed E-state index contributed by atoms with van der Waals surface area (Å²) in [7, 11) is 0. The Morgan fingerprint density at radius 3 is 2.82 bits per heavy atom. The van der Waals surface area contributed by atoms with Gasteiger partial charge in [0, 0.05) is 19.3 Å². The van der Waals surface area contributed by atoms with E-state index in [2.05, 4.69) is 25.6 Å². The molecule has 1 aliphatic rings. The molecule has 34 heavy (non-hydrogen) atoms. The zero-order valence-electron chi connectivity index (χ0n) is 19.9. The van der Waals surface area contributed by atoms with Crippen molar-refractivity contribution in [3.8, 4) is 0 Å². The number of hydrogen-bond donors (Lipinski definition) is 2. The van der Waals surface area contributed by atoms with Crippen LogP contribution in [0.5, 0.6) is 0 Å². The number of carbonyl (C=O) groups excluding carboxylic acids is 2. The fraction of sp³-hybridized carbons (Fsp3) is 0.458. The van der Waals surface area contributed by atoms with Gasteiger partial charge in [0.1, 0.15) is 5.60 Å². The number of aromatic nitrogens is 3. The first-order valence-electron chi connectivity index (χ1n) is 11.4. The number of rotatable bonds is 6. The molecule has 2 N–H and O–H groups in total. The van der Waals surface area contributed by atoms with Crippen molar-refractivity contribution >= 4 is 39.5 Å². The zero-order chi connectivity index (χ0) is 24.3. The van der Waals surface area contributed by atoms with Crippen molar-refractivity contribution in [2.45, 2.75) is 58.2 Å². The summed E-state index contributed by atoms with van der Waals surface area (Å²) in [4.78, 5) is 40.9. The third-order valence-corrected chi connectivity index (χ3v) is 6.41. The SMILES string of the molecule is C[C@H](Nc1nc(C(=O)NCC2CCCN2C(=O)OC(C)(C)C)c2sccc2n1)c1ccccn1. The number of hydrogen-bond acceptors (Lipinski definition) is 8. The molecule has 2 amide bonds. The maximum atomic E-state index is 13.2. The van der Waals surface area contributed by atoms with Gasteiger partial charge in [-0.3, -0.25) is 9.78 Å². The number of thiophene rings is 1. The van der Waals surface area contributed by atoms with Gasteiger partial charge in [0.2, 0.25) is 5.95 Å². The molecule has 180 valence electrons. The van der Waals surface area contributed by atoms with Crippen LogP contribution in [0.1, 0.15) is 62.8 Å². The van der Waals surface area contributed by atoms with E-state index in [-0.39, 0.29) is 24.1 Å². The number of ether oxygens (including phenoxy) is 1. The molecule has 1 aliphatic heterocycles. The molecule has 0 radical (unpaired) electrons. The van der Waals surface area contributed by atoms with Crippen LogP contribution in [-0.2, 0) is 4.74 Å². The first-order chi connectivity index (χ1) is 16.2. The fourth-order valence-corrected chi connectivity index (χ4v) is 4.70. The second kappa shape index (κ2) is 9.92. The van der Waals surface area contributed by atoms with Crippen molar-refractivity contribution in [1.82, 2.24) is 25.2 Å². The van der Waals surface area contributed by atoms with Gasteiger partial charge in [0.05, 0.1) is 28.0 Å². The first kappa shape index (κ1) is 23.9. The minimum absolute atomic E-state index is 0.110. The smallest absolute Gasteiger partial charge is 0.410 e. The molecule has 1 unspecified atom stereocenters. The standard InChI is InChI=1S/C24H30N6O3S/c1-15(17-9-5-6-11-25-17)27-22-28-18-10-13-34-20(18)19(29-22)21(31)26-14-16-8-7-12-30(16)23(32)33-24(2,3)4/h5-6,9-11,13,15-16H,7-8,12,14H2,1-4H3,(H,26,31)(H,27,28,29)/t15-,16?/m0/s1. The van der Waals surface area contributed by atoms with E-state index in [1.165, 1.54) is 11.3 Å². The third kappa shape index (κ3) is 5.61. The minimum atomic E-state index is -0.561. The highest BCUT2D eigenvalue weighted by molar-refractivity contribution is 7.17. The summed E-state index contributed by atoms with van der Waals surface area (Å²) in [6, 6.07) is 7.34. The van der Waals surface area contributed by atoms with Crippen molar-refractivity contribution in [3.05, 3.63) is 47.2 Å². The van der Waals surface area contributed by atoms with E-state index in [1.807, 2.05) is 57.3 Å². The average molecular weight is 483 g/mol. The fourth-order valence-electron chi connectivity index (χ4n) is 3.88. The summed E-state index contributed by atoms with van der Waals surface area (Å²) < 4.78 is 6.25. The number of pyridine rings is 1. The number of nitrogens with zero attached hydrogens (tertiary/aromatic N) is 4. The van der Waals surface area contributed by atoms with Crippen molar-refractivity contribution in [1.29, 1.82) is 0 Å². The summed E-state index contributed by atoms with van der Waals surface area (Å²) >= 11 is 1.43. The van der Waals surface area contributed by atoms with E-state index >= 15 is 0 Å². The van der Waals surface area contributed by atoms with Crippen molar-refractivity contribution in [2.24, 2.45) is 0 Å². The molecule has 9 nitrogen and oxygen atoms in total. The third-order valence-electron chi connectivity index (χ3n) is 5.50. The molecular formula is C24H30N6O3S. The Hall–Kier alpha value is -3.27. The molecule has 0 bridgehead atoms. The lowest BCUT2D eigenvalue weighted by Crippen LogP contribution is -2.45. The van der Waals surface area contributed by atoms with E-state index in [4.69, 9.17) is 4.74 Å². The van der Waals surface area contributed by atoms with Gasteiger partial charge in [-0.25, -0.2) is 14.8 Å². The zero-order valence-corrected chi connectivity index (χ0v) is 20.7. The first-order valence-corrected chi connectivity index (χ1v) is 12.3. The van der Waals surface area contributed by atoms with Crippen LogP contribution in [0.3, 0.4) is 0 Å². The summed E-state index contributed by atoms with van der Waals surface area (Å²) in [5, 5.41) is 8.11. The molecule has 4 heterocycles. The van der Waals surface area contributed by atoms with Crippen molar-refractivity contribution in [2.75, 3.05) is 18.4 Å². The van der Waals surface area contributed by atoms with Gasteiger partial charge < -0.3 is 20.3 Å². The van der Waals surface area contributed by atoms with Crippen LogP contribution in [0.2, 0.25) is 0 Å². The summed E-state index contributed by atoms with van der Waals surface area (Å²) in [6.07, 6.45) is 3.08. The molecule has 10 heteroatoms. The predicted molar refractivity (Wildman–Crippen MR) is 132 cm³/mol. The molecule has 0 spiro atoms. The Labute approximate surface area is 203 Å². The molecule has 0 aromatic carbocycles. The van der Waals surface area contributed by atoms with Crippen LogP contribution >= 0.6 is 11.3 Å². The summed E-state index contributed by atoms with van der Waals surface area (Å²) in [6.45, 7) is 8.46. The normalized spacial score (nSPS) is 16.9. The maximum absolute atomic E-state index is 13.2. The van der Waals surface area contributed by atoms with E-state index in [9.17, 15) is 9.59 Å². The Bertz CT molecular complexity index is 1160. The molecule has 2 atom stereocenters. The van der Waals surface area contributed by atoms with E-state index in [0.717, 1.165) is 23.2 Å². The Kier molecular flexibility index (Phi) is 6.97. The summed E-state index contributed by atoms with van der Waals surface area (Å²) in [5.74, 6) is 0.0740. The Balaban J connectivity index is 1.47. The van der Waals surface area contributed by atoms with Crippen LogP contribution in [0.15, 0.2) is 35.8 Å². The molecule has 1 saturated heterocycles. The van der Waals surface area contributed by atoms with E-state index in [0.29, 0.717) is 30.2 Å². The highest BCUT2D eigenvalue weighted by atomic mass is 32.1. The largest absolute Gasteiger partial charge is 0.444 e. The van der Waals surface area contributed by atoms with Crippen LogP contribution in [0, 0.1) is 0 Å². The molecule has 4 rings (SSSR count). The lowest BCUT2D eigenvalue weighted by atomic mass is 10.2. The van der Waals surface area contributed by atoms with Crippen LogP contribution in [0.25, 0.3) is 10.2 Å². The predicted octanol–water partition coefficient (Wildman–Crippen LogP) is 4.39. The number of nitrogens with one attached hydrogen (secondary N) is 2. The molecule has 0 aliphatic carbocycles. The monoisotopic (exact) mass is 482 g/mol. The molecule has 3 aromatic heterocycles. The second-order valence-corrected chi connectivity index (χ2v) is 10.2. The number of carbonyl (C=O) groups is 2. The Morgan fingerprint density at radius 1 is 1.26 bits per heavy atom. The van der Waals surface area contributed by atoms with Gasteiger partial charge in [-0.05, 0) is 64.1 Å². The quantitative estimate of drug-likeness (QED) is 0.536. The highest BCUT2D eigenvalue weighted by Crippen LogP contribution is 2.26. The lowest BCUT2D eigenvalue weighted by Gasteiger charge is -2.28. The van der Waals surface area contributed by atoms with Crippen molar-refractivity contribution in [3.63, 3.8) is 0 Å². The number of anilines is 1. The number of amides is 2. The van der Waals surface area contributed by atoms with E-state index in [1.54, 1.807) is 11.1 Å². The lowest BCUT2D eigenvalue weighted by molar-refractivity contribution is 0.0225. The topological polar surface area (TPSA) is 109 Å². The summed E-state index contributed by atoms with van der Waals surface area (Å²) in [5.41, 5.74) is 1.32. The van der Waals surface area contributed by atoms with E-state index < -0.39 is 5.60 Å². The van der Waals surface area contributed by atoms with Gasteiger partial charge in [-0.2, -0.15) is 0 Å². The van der Waals surface area contributed by atoms with Gasteiger partial charge in [-0.1, -0.05) is 6.07 Å². The maximum Gasteiger partial charge on any atom is 0.410 e. The minimum Gasteiger partial charge on any atom is -0.444 e. The van der Waals surface area contributed by atoms with Crippen molar-refractivity contribution < 1.29 is 14.3 Å². The second-order valence-electron chi connectivity index (χ2n) is 9.33. The van der Waals surface area contributed by atoms with Crippen LogP contribution in [-0.4, -0.2) is 56.6 Å². The molecule has 3 aromatic rings. The van der Waals surface area contributed by atoms with Gasteiger partial charge in [0.25, 0.3) is 5.91 Å².